The molecule has 6 aliphatic heterocycles. The lowest BCUT2D eigenvalue weighted by molar-refractivity contribution is 0.242. The maximum absolute atomic E-state index is 13.4. The highest BCUT2D eigenvalue weighted by atomic mass is 19.1. The highest BCUT2D eigenvalue weighted by Gasteiger charge is 2.29. The first kappa shape index (κ1) is 92.1. The average Bonchev–Trinajstić information content (AvgIpc) is 1.65. The van der Waals surface area contributed by atoms with Crippen LogP contribution in [0.25, 0.3) is 56.4 Å². The molecule has 10 aromatic carbocycles. The van der Waals surface area contributed by atoms with Crippen molar-refractivity contribution in [3.8, 4) is 5.75 Å². The molecule has 0 bridgehead atoms. The van der Waals surface area contributed by atoms with Gasteiger partial charge in [-0.25, -0.2) is 22.0 Å². The van der Waals surface area contributed by atoms with Gasteiger partial charge in [0, 0.05) is 141 Å². The number of ether oxygens (including phenoxy) is 1. The van der Waals surface area contributed by atoms with Crippen molar-refractivity contribution in [2.24, 2.45) is 30.9 Å². The third-order valence-electron chi connectivity index (χ3n) is 24.4. The van der Waals surface area contributed by atoms with E-state index in [0.717, 1.165) is 226 Å². The molecular weight excluding hydrogens is 1690 g/mol. The van der Waals surface area contributed by atoms with Crippen LogP contribution in [0.2, 0.25) is 0 Å². The molecule has 0 radical (unpaired) electrons. The molecule has 21 rings (SSSR count). The number of aromatic nitrogens is 5. The van der Waals surface area contributed by atoms with E-state index in [9.17, 15) is 22.0 Å². The van der Waals surface area contributed by atoms with E-state index in [-0.39, 0.29) is 35.2 Å². The number of aryl methyl sites for hydroxylation is 2. The summed E-state index contributed by atoms with van der Waals surface area (Å²) in [6.45, 7) is 15.0. The van der Waals surface area contributed by atoms with Gasteiger partial charge in [0.05, 0.1) is 63.1 Å². The Morgan fingerprint density at radius 1 is 0.265 bits per heavy atom. The summed E-state index contributed by atoms with van der Waals surface area (Å²) in [6, 6.07) is 95.1. The van der Waals surface area contributed by atoms with Gasteiger partial charge in [-0.05, 0) is 365 Å². The van der Waals surface area contributed by atoms with Gasteiger partial charge in [-0.2, -0.15) is 0 Å². The first-order valence-corrected chi connectivity index (χ1v) is 46.2. The molecule has 674 valence electrons. The molecule has 1 saturated heterocycles. The Balaban J connectivity index is 0.000000118. The minimum Gasteiger partial charge on any atom is -0.491 e. The molecule has 0 unspecified atom stereocenters. The van der Waals surface area contributed by atoms with E-state index in [1.165, 1.54) is 95.9 Å². The summed E-state index contributed by atoms with van der Waals surface area (Å²) in [5, 5.41) is 0. The van der Waals surface area contributed by atoms with Gasteiger partial charge in [-0.1, -0.05) is 111 Å². The van der Waals surface area contributed by atoms with Crippen LogP contribution in [0.4, 0.5) is 27.6 Å². The Morgan fingerprint density at radius 2 is 0.493 bits per heavy atom. The second-order valence-electron chi connectivity index (χ2n) is 34.7. The van der Waals surface area contributed by atoms with Crippen LogP contribution in [0.1, 0.15) is 180 Å². The van der Waals surface area contributed by atoms with Crippen molar-refractivity contribution in [3.63, 3.8) is 0 Å². The molecule has 136 heavy (non-hydrogen) atoms. The van der Waals surface area contributed by atoms with E-state index < -0.39 is 0 Å². The fourth-order valence-electron chi connectivity index (χ4n) is 17.3. The lowest BCUT2D eigenvalue weighted by Crippen LogP contribution is -2.17. The molecule has 17 heteroatoms. The van der Waals surface area contributed by atoms with Crippen molar-refractivity contribution in [2.75, 3.05) is 18.0 Å². The molecule has 0 spiro atoms. The van der Waals surface area contributed by atoms with Crippen LogP contribution in [0.5, 0.6) is 5.75 Å². The monoisotopic (exact) mass is 1800 g/mol. The van der Waals surface area contributed by atoms with E-state index in [1.807, 2.05) is 98.8 Å². The normalized spacial score (nSPS) is 14.4. The van der Waals surface area contributed by atoms with Crippen LogP contribution in [-0.4, -0.2) is 72.7 Å². The van der Waals surface area contributed by atoms with Gasteiger partial charge in [-0.15, -0.1) is 0 Å². The van der Waals surface area contributed by atoms with E-state index >= 15 is 0 Å². The number of halogens is 5. The molecule has 11 heterocycles. The van der Waals surface area contributed by atoms with Crippen molar-refractivity contribution >= 4 is 90.6 Å². The Hall–Kier alpha value is -15.8. The molecule has 0 saturated carbocycles. The van der Waals surface area contributed by atoms with Gasteiger partial charge in [0.2, 0.25) is 0 Å². The highest BCUT2D eigenvalue weighted by molar-refractivity contribution is 6.21. The second-order valence-corrected chi connectivity index (χ2v) is 34.7. The smallest absolute Gasteiger partial charge is 0.123 e. The van der Waals surface area contributed by atoms with Crippen LogP contribution in [-0.2, 0) is 12.8 Å². The Kier molecular flexibility index (Phi) is 29.6. The molecule has 0 aliphatic carbocycles. The largest absolute Gasteiger partial charge is 0.491 e. The Labute approximate surface area is 791 Å². The average molecular weight is 1800 g/mol. The Bertz CT molecular complexity index is 6830. The molecule has 5 aromatic heterocycles. The molecular formula is C119H102F5N11O. The number of aliphatic imine (C=N–C) groups is 5. The number of allylic oxidation sites excluding steroid dienone is 5. The van der Waals surface area contributed by atoms with Crippen molar-refractivity contribution in [1.29, 1.82) is 0 Å². The molecule has 6 aliphatic rings. The summed E-state index contributed by atoms with van der Waals surface area (Å²) in [6.07, 6.45) is 26.4. The van der Waals surface area contributed by atoms with Gasteiger partial charge >= 0.3 is 0 Å². The number of benzene rings is 10. The zero-order valence-electron chi connectivity index (χ0n) is 76.8. The van der Waals surface area contributed by atoms with Crippen molar-refractivity contribution in [3.05, 3.63) is 495 Å². The number of anilines is 1. The van der Waals surface area contributed by atoms with E-state index in [2.05, 4.69) is 155 Å². The van der Waals surface area contributed by atoms with E-state index in [4.69, 9.17) is 29.7 Å². The summed E-state index contributed by atoms with van der Waals surface area (Å²) in [5.74, 6) is 0.279. The number of hydrogen-bond acceptors (Lipinski definition) is 12. The van der Waals surface area contributed by atoms with Crippen molar-refractivity contribution in [2.45, 2.75) is 105 Å². The van der Waals surface area contributed by atoms with Crippen LogP contribution in [0.3, 0.4) is 0 Å². The number of nitrogens with zero attached hydrogens (tertiary/aromatic N) is 11. The molecule has 1 fully saturated rings. The third kappa shape index (κ3) is 23.1. The summed E-state index contributed by atoms with van der Waals surface area (Å²) >= 11 is 0. The highest BCUT2D eigenvalue weighted by Crippen LogP contribution is 2.44. The molecule has 15 aromatic rings. The predicted octanol–water partition coefficient (Wildman–Crippen LogP) is 28.4. The van der Waals surface area contributed by atoms with Gasteiger partial charge in [0.15, 0.2) is 0 Å². The predicted molar refractivity (Wildman–Crippen MR) is 545 cm³/mol. The lowest BCUT2D eigenvalue weighted by Gasteiger charge is -2.17. The Morgan fingerprint density at radius 3 is 0.735 bits per heavy atom. The molecule has 0 amide bonds. The molecule has 0 atom stereocenters. The zero-order chi connectivity index (χ0) is 93.8. The minimum absolute atomic E-state index is 0.139. The zero-order valence-corrected chi connectivity index (χ0v) is 76.8. The lowest BCUT2D eigenvalue weighted by atomic mass is 9.95. The van der Waals surface area contributed by atoms with Gasteiger partial charge in [-0.3, -0.25) is 49.9 Å². The maximum Gasteiger partial charge on any atom is 0.123 e. The molecule has 0 N–H and O–H groups in total. The topological polar surface area (TPSA) is 139 Å². The fourth-order valence-corrected chi connectivity index (χ4v) is 17.3. The van der Waals surface area contributed by atoms with Crippen molar-refractivity contribution in [1.82, 2.24) is 24.9 Å². The summed E-state index contributed by atoms with van der Waals surface area (Å²) in [5.41, 5.74) is 36.2. The second kappa shape index (κ2) is 43.7. The van der Waals surface area contributed by atoms with Gasteiger partial charge in [0.1, 0.15) is 34.8 Å². The van der Waals surface area contributed by atoms with Crippen LogP contribution in [0.15, 0.2) is 390 Å². The molecule has 12 nitrogen and oxygen atoms in total. The first-order chi connectivity index (χ1) is 66.4. The van der Waals surface area contributed by atoms with Gasteiger partial charge < -0.3 is 9.64 Å². The number of pyridine rings is 5. The third-order valence-corrected chi connectivity index (χ3v) is 24.4. The van der Waals surface area contributed by atoms with Crippen LogP contribution >= 0.6 is 0 Å². The number of hydrogen-bond donors (Lipinski definition) is 0. The SMILES string of the molecule is CC(C)Cc1ccc(C2=NC(c3ccc(F)cc3)=C(c3ccncc3)C2)cc1.CC(C)Oc1ccc(C2=NC(c3ccc(F)cc3)=C(c3ccncc3)C2)cc1.CCc1ccc(C2=NC(c3ccc(F)cc3)=C(c3ccncc3)C2)cc1.Cc1ccc(C2=NC(c3ccc(F)cc3)=C(c3ccncc3)C2)cc1.Fc1ccc(C2=C(c3ccncc3)CC(c3ccc(N4CCCC4)cc3)=N2)cc1. The maximum atomic E-state index is 13.4. The van der Waals surface area contributed by atoms with Crippen LogP contribution < -0.4 is 9.64 Å². The first-order valence-electron chi connectivity index (χ1n) is 46.2. The van der Waals surface area contributed by atoms with E-state index in [0.29, 0.717) is 12.3 Å². The van der Waals surface area contributed by atoms with Gasteiger partial charge in [0.25, 0.3) is 0 Å². The summed E-state index contributed by atoms with van der Waals surface area (Å²) in [7, 11) is 0. The standard InChI is InChI=1S/C25H22FN3.C25H23FN2.C24H21FN2O.C23H19FN2.C22H17FN2/c26-21-7-3-20(4-8-21)25-23(18-11-13-27-14-12-18)17-24(28-25)19-5-9-22(10-6-19)29-15-1-2-16-29;1-17(2)15-18-3-5-20(6-4-18)24-16-23(19-11-13-27-14-12-19)25(28-24)21-7-9-22(26)10-8-21;1-16(2)28-21-9-5-18(6-10-21)23-15-22(17-11-13-26-14-12-17)24(27-23)19-3-7-20(25)8-4-19;1-2-16-3-5-18(6-4-16)22-15-21(17-11-13-25-14-12-17)23(26-22)19-7-9-20(24)10-8-19;1-15-2-4-17(5-3-15)21-14-20(16-10-12-24-13-11-16)22(25-21)18-6-8-19(23)9-7-18/h3-14H,1-2,15-17H2;3-14,17H,15-16H2,1-2H3;3-14,16H,15H2,1-2H3;3-14H,2,15H2,1H3;2-13H,14H2,1H3. The minimum atomic E-state index is -0.252. The number of rotatable bonds is 21. The quantitative estimate of drug-likeness (QED) is 0.0653. The van der Waals surface area contributed by atoms with Crippen molar-refractivity contribution < 1.29 is 26.7 Å². The van der Waals surface area contributed by atoms with Crippen LogP contribution in [0, 0.1) is 41.9 Å². The van der Waals surface area contributed by atoms with E-state index in [1.54, 1.807) is 123 Å². The fraction of sp³-hybridized carbons (Fsp3) is 0.160. The summed E-state index contributed by atoms with van der Waals surface area (Å²) in [4.78, 5) is 47.7. The summed E-state index contributed by atoms with van der Waals surface area (Å²) < 4.78 is 72.6.